The van der Waals surface area contributed by atoms with E-state index in [0.717, 1.165) is 12.8 Å². The molecule has 0 heterocycles. The van der Waals surface area contributed by atoms with Crippen molar-refractivity contribution in [3.63, 3.8) is 0 Å². The van der Waals surface area contributed by atoms with E-state index in [9.17, 15) is 4.79 Å². The van der Waals surface area contributed by atoms with E-state index in [0.29, 0.717) is 0 Å². The van der Waals surface area contributed by atoms with Crippen LogP contribution in [0.3, 0.4) is 0 Å². The molecular weight excluding hydrogens is 324 g/mol. The van der Waals surface area contributed by atoms with Gasteiger partial charge >= 0.3 is 5.97 Å². The van der Waals surface area contributed by atoms with Gasteiger partial charge in [-0.3, -0.25) is 4.79 Å². The van der Waals surface area contributed by atoms with Crippen LogP contribution < -0.4 is 0 Å². The molecule has 1 N–H and O–H groups in total. The molecule has 0 aromatic heterocycles. The summed E-state index contributed by atoms with van der Waals surface area (Å²) in [6, 6.07) is 0. The summed E-state index contributed by atoms with van der Waals surface area (Å²) in [5.74, 6) is -0.853. The molecule has 2 unspecified atom stereocenters. The maximum atomic E-state index is 11.0. The maximum absolute atomic E-state index is 11.0. The number of thiol groups is 1. The van der Waals surface area contributed by atoms with Gasteiger partial charge in [0.25, 0.3) is 0 Å². The van der Waals surface area contributed by atoms with Gasteiger partial charge < -0.3 is 5.11 Å². The second-order valence-corrected chi connectivity index (χ2v) is 7.57. The molecular formula is C15H29BrO2S. The van der Waals surface area contributed by atoms with Crippen LogP contribution in [0.25, 0.3) is 0 Å². The molecule has 2 atom stereocenters. The van der Waals surface area contributed by atoms with Crippen LogP contribution in [0.1, 0.15) is 78.1 Å². The average Bonchev–Trinajstić information content (AvgIpc) is 2.36. The minimum atomic E-state index is -0.972. The Kier molecular flexibility index (Phi) is 11.2. The van der Waals surface area contributed by atoms with Crippen molar-refractivity contribution in [2.45, 2.75) is 87.6 Å². The molecule has 0 saturated heterocycles. The summed E-state index contributed by atoms with van der Waals surface area (Å²) in [4.78, 5) is 11.0. The molecule has 114 valence electrons. The van der Waals surface area contributed by atoms with Crippen molar-refractivity contribution in [2.75, 3.05) is 0 Å². The number of rotatable bonds is 12. The molecule has 0 amide bonds. The summed E-state index contributed by atoms with van der Waals surface area (Å²) in [7, 11) is 0. The van der Waals surface area contributed by atoms with Gasteiger partial charge in [0.15, 0.2) is 0 Å². The number of aliphatic carboxylic acids is 1. The normalized spacial score (nSPS) is 16.0. The summed E-state index contributed by atoms with van der Waals surface area (Å²) in [6.45, 7) is 3.90. The molecule has 19 heavy (non-hydrogen) atoms. The van der Waals surface area contributed by atoms with Gasteiger partial charge in [-0.15, -0.1) is 0 Å². The van der Waals surface area contributed by atoms with Gasteiger partial charge in [0.05, 0.1) is 0 Å². The van der Waals surface area contributed by atoms with Crippen LogP contribution in [0.2, 0.25) is 0 Å². The molecule has 0 aliphatic carbocycles. The van der Waals surface area contributed by atoms with Crippen molar-refractivity contribution in [1.29, 1.82) is 0 Å². The highest BCUT2D eigenvalue weighted by atomic mass is 79.9. The molecule has 0 aliphatic rings. The lowest BCUT2D eigenvalue weighted by Crippen LogP contribution is -2.38. The molecule has 0 aliphatic heterocycles. The first-order valence-electron chi connectivity index (χ1n) is 7.52. The summed E-state index contributed by atoms with van der Waals surface area (Å²) in [6.07, 6.45) is 12.5. The van der Waals surface area contributed by atoms with Crippen molar-refractivity contribution in [3.05, 3.63) is 0 Å². The lowest BCUT2D eigenvalue weighted by Gasteiger charge is -2.24. The highest BCUT2D eigenvalue weighted by molar-refractivity contribution is 9.09. The smallest absolute Gasteiger partial charge is 0.320 e. The van der Waals surface area contributed by atoms with Crippen LogP contribution in [0.5, 0.6) is 0 Å². The van der Waals surface area contributed by atoms with Crippen LogP contribution in [-0.2, 0) is 4.79 Å². The first kappa shape index (κ1) is 19.3. The van der Waals surface area contributed by atoms with E-state index in [1.807, 2.05) is 0 Å². The predicted molar refractivity (Wildman–Crippen MR) is 89.6 cm³/mol. The van der Waals surface area contributed by atoms with Crippen LogP contribution in [0.4, 0.5) is 0 Å². The Bertz CT molecular complexity index is 244. The molecule has 0 radical (unpaired) electrons. The molecule has 0 spiro atoms. The van der Waals surface area contributed by atoms with Crippen molar-refractivity contribution >= 4 is 34.5 Å². The second kappa shape index (κ2) is 11.0. The molecule has 2 nitrogen and oxygen atoms in total. The Balaban J connectivity index is 3.47. The minimum absolute atomic E-state index is 0.0645. The van der Waals surface area contributed by atoms with E-state index >= 15 is 0 Å². The highest BCUT2D eigenvalue weighted by Crippen LogP contribution is 2.29. The Morgan fingerprint density at radius 2 is 1.53 bits per heavy atom. The van der Waals surface area contributed by atoms with Gasteiger partial charge in [-0.25, -0.2) is 0 Å². The monoisotopic (exact) mass is 352 g/mol. The van der Waals surface area contributed by atoms with Gasteiger partial charge in [0.1, 0.15) is 4.75 Å². The molecule has 0 aromatic rings. The van der Waals surface area contributed by atoms with Crippen molar-refractivity contribution in [2.24, 2.45) is 0 Å². The number of unbranched alkanes of at least 4 members (excludes halogenated alkanes) is 8. The van der Waals surface area contributed by atoms with Crippen molar-refractivity contribution in [3.8, 4) is 0 Å². The Morgan fingerprint density at radius 3 is 1.95 bits per heavy atom. The van der Waals surface area contributed by atoms with E-state index in [2.05, 4.69) is 35.5 Å². The van der Waals surface area contributed by atoms with Crippen LogP contribution in [-0.4, -0.2) is 20.7 Å². The fourth-order valence-corrected chi connectivity index (χ4v) is 2.70. The second-order valence-electron chi connectivity index (χ2n) is 5.54. The number of carboxylic acid groups (broad SMARTS) is 1. The predicted octanol–water partition coefficient (Wildman–Crippen LogP) is 5.44. The number of carboxylic acids is 1. The lowest BCUT2D eigenvalue weighted by molar-refractivity contribution is -0.139. The zero-order valence-corrected chi connectivity index (χ0v) is 14.8. The van der Waals surface area contributed by atoms with Gasteiger partial charge in [-0.2, -0.15) is 12.6 Å². The fraction of sp³-hybridized carbons (Fsp3) is 0.933. The van der Waals surface area contributed by atoms with Crippen LogP contribution in [0.15, 0.2) is 0 Å². The summed E-state index contributed by atoms with van der Waals surface area (Å²) < 4.78 is -0.972. The SMILES string of the molecule is CCCCCCCCCCCC(Br)C(C)(S)C(=O)O. The largest absolute Gasteiger partial charge is 0.480 e. The quantitative estimate of drug-likeness (QED) is 0.278. The molecule has 0 rings (SSSR count). The number of hydrogen-bond donors (Lipinski definition) is 2. The third-order valence-electron chi connectivity index (χ3n) is 3.60. The van der Waals surface area contributed by atoms with Crippen LogP contribution in [0, 0.1) is 0 Å². The van der Waals surface area contributed by atoms with Gasteiger partial charge in [-0.05, 0) is 13.3 Å². The summed E-state index contributed by atoms with van der Waals surface area (Å²) in [5, 5.41) is 9.05. The van der Waals surface area contributed by atoms with Gasteiger partial charge in [0.2, 0.25) is 0 Å². The molecule has 0 fully saturated rings. The maximum Gasteiger partial charge on any atom is 0.320 e. The zero-order chi connectivity index (χ0) is 14.7. The van der Waals surface area contributed by atoms with E-state index in [1.54, 1.807) is 6.92 Å². The van der Waals surface area contributed by atoms with E-state index in [4.69, 9.17) is 5.11 Å². The number of carbonyl (C=O) groups is 1. The number of halogens is 1. The third kappa shape index (κ3) is 8.96. The molecule has 0 saturated carbocycles. The van der Waals surface area contributed by atoms with E-state index < -0.39 is 10.7 Å². The Morgan fingerprint density at radius 1 is 1.11 bits per heavy atom. The summed E-state index contributed by atoms with van der Waals surface area (Å²) in [5.41, 5.74) is 0. The van der Waals surface area contributed by atoms with Crippen LogP contribution >= 0.6 is 28.6 Å². The van der Waals surface area contributed by atoms with Crippen molar-refractivity contribution in [1.82, 2.24) is 0 Å². The fourth-order valence-electron chi connectivity index (χ4n) is 2.05. The third-order valence-corrected chi connectivity index (χ3v) is 5.83. The van der Waals surface area contributed by atoms with Gasteiger partial charge in [0, 0.05) is 4.83 Å². The number of hydrogen-bond acceptors (Lipinski definition) is 2. The topological polar surface area (TPSA) is 37.3 Å². The molecule has 0 bridgehead atoms. The van der Waals surface area contributed by atoms with E-state index in [1.165, 1.54) is 51.4 Å². The van der Waals surface area contributed by atoms with Gasteiger partial charge in [-0.1, -0.05) is 80.6 Å². The Hall–Kier alpha value is 0.300. The molecule has 4 heteroatoms. The lowest BCUT2D eigenvalue weighted by atomic mass is 10.0. The Labute approximate surface area is 132 Å². The first-order valence-corrected chi connectivity index (χ1v) is 8.89. The zero-order valence-electron chi connectivity index (χ0n) is 12.3. The summed E-state index contributed by atoms with van der Waals surface area (Å²) >= 11 is 7.68. The molecule has 0 aromatic carbocycles. The van der Waals surface area contributed by atoms with Crippen molar-refractivity contribution < 1.29 is 9.90 Å². The number of alkyl halides is 1. The first-order chi connectivity index (χ1) is 8.92. The average molecular weight is 353 g/mol. The standard InChI is InChI=1S/C15H29BrO2S/c1-3-4-5-6-7-8-9-10-11-12-13(16)15(2,19)14(17)18/h13,19H,3-12H2,1-2H3,(H,17,18). The minimum Gasteiger partial charge on any atom is -0.480 e. The highest BCUT2D eigenvalue weighted by Gasteiger charge is 2.35. The van der Waals surface area contributed by atoms with E-state index in [-0.39, 0.29) is 4.83 Å².